The number of nitrogens with one attached hydrogen (secondary N) is 1. The van der Waals surface area contributed by atoms with Crippen molar-refractivity contribution in [1.29, 1.82) is 0 Å². The largest absolute Gasteiger partial charge is 0.460 e. The number of hydrogen-bond acceptors (Lipinski definition) is 6. The van der Waals surface area contributed by atoms with Crippen molar-refractivity contribution in [1.82, 2.24) is 4.31 Å². The number of ether oxygens (including phenoxy) is 1. The van der Waals surface area contributed by atoms with Crippen LogP contribution in [0.1, 0.15) is 27.6 Å². The first-order valence-electron chi connectivity index (χ1n) is 8.01. The van der Waals surface area contributed by atoms with E-state index in [0.29, 0.717) is 9.99 Å². The minimum Gasteiger partial charge on any atom is -0.460 e. The van der Waals surface area contributed by atoms with Gasteiger partial charge in [-0.25, -0.2) is 17.5 Å². The lowest BCUT2D eigenvalue weighted by Gasteiger charge is -2.15. The second-order valence-corrected chi connectivity index (χ2v) is 7.60. The van der Waals surface area contributed by atoms with Crippen LogP contribution in [0.3, 0.4) is 0 Å². The minimum absolute atomic E-state index is 0.0464. The molecule has 0 fully saturated rings. The first-order chi connectivity index (χ1) is 12.8. The number of benzene rings is 2. The highest BCUT2D eigenvalue weighted by molar-refractivity contribution is 7.90. The van der Waals surface area contributed by atoms with Crippen LogP contribution in [0.25, 0.3) is 0 Å². The SMILES string of the molecule is CC(=O)Nc1ccc(C(=O)OCCN2C(=O)c3ccccc3S2(=O)=O)cc1. The number of fused-ring (bicyclic) bond motifs is 1. The molecule has 0 aliphatic carbocycles. The summed E-state index contributed by atoms with van der Waals surface area (Å²) in [5.41, 5.74) is 0.881. The number of nitrogens with zero attached hydrogens (tertiary/aromatic N) is 1. The molecule has 2 aromatic carbocycles. The normalized spacial score (nSPS) is 14.6. The maximum Gasteiger partial charge on any atom is 0.338 e. The quantitative estimate of drug-likeness (QED) is 0.780. The van der Waals surface area contributed by atoms with Gasteiger partial charge in [-0.2, -0.15) is 0 Å². The van der Waals surface area contributed by atoms with Crippen LogP contribution >= 0.6 is 0 Å². The summed E-state index contributed by atoms with van der Waals surface area (Å²) in [4.78, 5) is 35.2. The van der Waals surface area contributed by atoms with Crippen molar-refractivity contribution in [2.45, 2.75) is 11.8 Å². The van der Waals surface area contributed by atoms with E-state index in [2.05, 4.69) is 5.32 Å². The topological polar surface area (TPSA) is 110 Å². The van der Waals surface area contributed by atoms with Crippen molar-refractivity contribution in [2.24, 2.45) is 0 Å². The van der Waals surface area contributed by atoms with Gasteiger partial charge in [0.1, 0.15) is 11.5 Å². The van der Waals surface area contributed by atoms with Gasteiger partial charge in [-0.05, 0) is 36.4 Å². The molecule has 0 atom stereocenters. The third-order valence-electron chi connectivity index (χ3n) is 3.88. The smallest absolute Gasteiger partial charge is 0.338 e. The van der Waals surface area contributed by atoms with Gasteiger partial charge in [-0.1, -0.05) is 12.1 Å². The molecule has 3 rings (SSSR count). The van der Waals surface area contributed by atoms with E-state index in [4.69, 9.17) is 4.74 Å². The Labute approximate surface area is 155 Å². The fourth-order valence-electron chi connectivity index (χ4n) is 2.65. The number of anilines is 1. The van der Waals surface area contributed by atoms with Crippen LogP contribution in [0.15, 0.2) is 53.4 Å². The third-order valence-corrected chi connectivity index (χ3v) is 5.72. The highest BCUT2D eigenvalue weighted by Gasteiger charge is 2.40. The molecule has 2 aromatic rings. The lowest BCUT2D eigenvalue weighted by molar-refractivity contribution is -0.114. The van der Waals surface area contributed by atoms with Gasteiger partial charge in [0.2, 0.25) is 5.91 Å². The molecule has 0 bridgehead atoms. The van der Waals surface area contributed by atoms with Gasteiger partial charge in [0, 0.05) is 12.6 Å². The Bertz CT molecular complexity index is 1010. The van der Waals surface area contributed by atoms with Gasteiger partial charge in [-0.3, -0.25) is 9.59 Å². The Kier molecular flexibility index (Phi) is 4.95. The van der Waals surface area contributed by atoms with E-state index in [-0.39, 0.29) is 35.1 Å². The highest BCUT2D eigenvalue weighted by Crippen LogP contribution is 2.29. The molecule has 0 unspecified atom stereocenters. The summed E-state index contributed by atoms with van der Waals surface area (Å²) < 4.78 is 30.6. The Balaban J connectivity index is 1.61. The highest BCUT2D eigenvalue weighted by atomic mass is 32.2. The average molecular weight is 388 g/mol. The zero-order valence-corrected chi connectivity index (χ0v) is 15.2. The lowest BCUT2D eigenvalue weighted by Crippen LogP contribution is -2.33. The molecule has 2 amide bonds. The van der Waals surface area contributed by atoms with Crippen molar-refractivity contribution in [3.05, 3.63) is 59.7 Å². The van der Waals surface area contributed by atoms with Gasteiger partial charge in [0.15, 0.2) is 0 Å². The standard InChI is InChI=1S/C18H16N2O6S/c1-12(21)19-14-8-6-13(7-9-14)18(23)26-11-10-20-17(22)15-4-2-3-5-16(15)27(20,24)25/h2-9H,10-11H2,1H3,(H,19,21). The molecular weight excluding hydrogens is 372 g/mol. The number of hydrogen-bond donors (Lipinski definition) is 1. The molecule has 9 heteroatoms. The van der Waals surface area contributed by atoms with E-state index in [1.54, 1.807) is 18.2 Å². The van der Waals surface area contributed by atoms with Crippen molar-refractivity contribution in [3.8, 4) is 0 Å². The molecule has 1 aliphatic heterocycles. The molecule has 8 nitrogen and oxygen atoms in total. The van der Waals surface area contributed by atoms with Crippen molar-refractivity contribution in [3.63, 3.8) is 0 Å². The number of rotatable bonds is 5. The van der Waals surface area contributed by atoms with E-state index in [1.165, 1.54) is 37.3 Å². The van der Waals surface area contributed by atoms with Crippen LogP contribution in [0.5, 0.6) is 0 Å². The second-order valence-electron chi connectivity index (χ2n) is 5.77. The maximum absolute atomic E-state index is 12.4. The first-order valence-corrected chi connectivity index (χ1v) is 9.45. The molecule has 1 aliphatic rings. The summed E-state index contributed by atoms with van der Waals surface area (Å²) in [7, 11) is -3.92. The summed E-state index contributed by atoms with van der Waals surface area (Å²) in [5.74, 6) is -1.53. The number of carbonyl (C=O) groups excluding carboxylic acids is 3. The van der Waals surface area contributed by atoms with Gasteiger partial charge in [0.25, 0.3) is 15.9 Å². The van der Waals surface area contributed by atoms with Crippen LogP contribution in [-0.4, -0.2) is 43.7 Å². The fourth-order valence-corrected chi connectivity index (χ4v) is 4.20. The van der Waals surface area contributed by atoms with E-state index in [9.17, 15) is 22.8 Å². The Morgan fingerprint density at radius 3 is 2.37 bits per heavy atom. The lowest BCUT2D eigenvalue weighted by atomic mass is 10.2. The minimum atomic E-state index is -3.92. The molecule has 0 saturated heterocycles. The average Bonchev–Trinajstić information content (AvgIpc) is 2.82. The molecular formula is C18H16N2O6S. The molecule has 1 heterocycles. The van der Waals surface area contributed by atoms with E-state index in [0.717, 1.165) is 0 Å². The number of esters is 1. The molecule has 0 spiro atoms. The fraction of sp³-hybridized carbons (Fsp3) is 0.167. The summed E-state index contributed by atoms with van der Waals surface area (Å²) in [5, 5.41) is 2.57. The Morgan fingerprint density at radius 2 is 1.74 bits per heavy atom. The number of amides is 2. The summed E-state index contributed by atoms with van der Waals surface area (Å²) in [6.07, 6.45) is 0. The van der Waals surface area contributed by atoms with Crippen LogP contribution in [-0.2, 0) is 19.6 Å². The van der Waals surface area contributed by atoms with E-state index < -0.39 is 21.9 Å². The summed E-state index contributed by atoms with van der Waals surface area (Å²) in [6.45, 7) is 0.824. The van der Waals surface area contributed by atoms with Gasteiger partial charge < -0.3 is 10.1 Å². The zero-order chi connectivity index (χ0) is 19.6. The molecule has 0 radical (unpaired) electrons. The molecule has 0 aromatic heterocycles. The second kappa shape index (κ2) is 7.20. The summed E-state index contributed by atoms with van der Waals surface area (Å²) in [6, 6.07) is 12.0. The molecule has 1 N–H and O–H groups in total. The predicted octanol–water partition coefficient (Wildman–Crippen LogP) is 1.65. The van der Waals surface area contributed by atoms with E-state index in [1.807, 2.05) is 0 Å². The Morgan fingerprint density at radius 1 is 1.07 bits per heavy atom. The van der Waals surface area contributed by atoms with Crippen molar-refractivity contribution >= 4 is 33.5 Å². The van der Waals surface area contributed by atoms with Crippen molar-refractivity contribution < 1.29 is 27.5 Å². The van der Waals surface area contributed by atoms with Gasteiger partial charge in [0.05, 0.1) is 17.7 Å². The van der Waals surface area contributed by atoms with Crippen LogP contribution in [0.2, 0.25) is 0 Å². The summed E-state index contributed by atoms with van der Waals surface area (Å²) >= 11 is 0. The van der Waals surface area contributed by atoms with Crippen LogP contribution < -0.4 is 5.32 Å². The number of sulfonamides is 1. The number of carbonyl (C=O) groups is 3. The Hall–Kier alpha value is -3.20. The molecule has 27 heavy (non-hydrogen) atoms. The predicted molar refractivity (Wildman–Crippen MR) is 95.7 cm³/mol. The third kappa shape index (κ3) is 3.68. The maximum atomic E-state index is 12.4. The van der Waals surface area contributed by atoms with Gasteiger partial charge >= 0.3 is 5.97 Å². The monoisotopic (exact) mass is 388 g/mol. The van der Waals surface area contributed by atoms with Crippen LogP contribution in [0.4, 0.5) is 5.69 Å². The first kappa shape index (κ1) is 18.6. The van der Waals surface area contributed by atoms with E-state index >= 15 is 0 Å². The molecule has 140 valence electrons. The van der Waals surface area contributed by atoms with Crippen LogP contribution in [0, 0.1) is 0 Å². The van der Waals surface area contributed by atoms with Gasteiger partial charge in [-0.15, -0.1) is 0 Å². The van der Waals surface area contributed by atoms with Crippen molar-refractivity contribution in [2.75, 3.05) is 18.5 Å². The zero-order valence-electron chi connectivity index (χ0n) is 14.3. The molecule has 0 saturated carbocycles.